The number of aliphatic hydroxyl groups excluding tert-OH is 1. The average molecular weight is 549 g/mol. The van der Waals surface area contributed by atoms with Gasteiger partial charge in [0, 0.05) is 34.6 Å². The maximum Gasteiger partial charge on any atom is 0.379 e. The first kappa shape index (κ1) is 32.2. The molecule has 1 saturated heterocycles. The standard InChI is InChI=1S/C22H31NO15/c1-10(25)33-9-16(35-12(3)27)19(36-13(4)28)20-18(23-17(30)8-24)15(34-11(2)26)7-22(38-20,21(31)32-6)37-14(5)29/h15-16,18-20,24H,7-9H2,1-6H3,(H,23,30)/t15-,16+,18+,19-,20+,22?/m0/s1. The normalized spacial score (nSPS) is 24.0. The van der Waals surface area contributed by atoms with E-state index in [0.29, 0.717) is 0 Å². The summed E-state index contributed by atoms with van der Waals surface area (Å²) in [5.41, 5.74) is 0. The van der Waals surface area contributed by atoms with Crippen molar-refractivity contribution in [3.8, 4) is 0 Å². The maximum atomic E-state index is 12.8. The second-order valence-electron chi connectivity index (χ2n) is 8.05. The quantitative estimate of drug-likeness (QED) is 0.211. The summed E-state index contributed by atoms with van der Waals surface area (Å²) in [6.45, 7) is 3.23. The highest BCUT2D eigenvalue weighted by Crippen LogP contribution is 2.37. The molecule has 6 atom stereocenters. The Morgan fingerprint density at radius 1 is 0.921 bits per heavy atom. The van der Waals surface area contributed by atoms with Gasteiger partial charge in [-0.15, -0.1) is 0 Å². The zero-order valence-electron chi connectivity index (χ0n) is 21.7. The molecule has 0 radical (unpaired) electrons. The van der Waals surface area contributed by atoms with Crippen LogP contribution in [0.4, 0.5) is 0 Å². The Morgan fingerprint density at radius 2 is 1.53 bits per heavy atom. The molecule has 16 nitrogen and oxygen atoms in total. The summed E-state index contributed by atoms with van der Waals surface area (Å²) in [6.07, 6.45) is -7.42. The summed E-state index contributed by atoms with van der Waals surface area (Å²) < 4.78 is 36.4. The fourth-order valence-corrected chi connectivity index (χ4v) is 3.73. The van der Waals surface area contributed by atoms with Crippen LogP contribution < -0.4 is 5.32 Å². The number of carbonyl (C=O) groups is 7. The summed E-state index contributed by atoms with van der Waals surface area (Å²) in [5.74, 6) is -9.52. The summed E-state index contributed by atoms with van der Waals surface area (Å²) in [7, 11) is 0.943. The monoisotopic (exact) mass is 549 g/mol. The lowest BCUT2D eigenvalue weighted by molar-refractivity contribution is -0.304. The van der Waals surface area contributed by atoms with E-state index in [4.69, 9.17) is 33.2 Å². The molecule has 1 rings (SSSR count). The van der Waals surface area contributed by atoms with Crippen molar-refractivity contribution in [2.75, 3.05) is 20.3 Å². The summed E-state index contributed by atoms with van der Waals surface area (Å²) in [5, 5.41) is 11.6. The molecule has 0 aromatic rings. The average Bonchev–Trinajstić information content (AvgIpc) is 2.79. The van der Waals surface area contributed by atoms with Gasteiger partial charge in [0.25, 0.3) is 0 Å². The van der Waals surface area contributed by atoms with Crippen LogP contribution in [0.2, 0.25) is 0 Å². The van der Waals surface area contributed by atoms with Gasteiger partial charge in [-0.2, -0.15) is 0 Å². The Morgan fingerprint density at radius 3 is 1.97 bits per heavy atom. The molecule has 1 unspecified atom stereocenters. The van der Waals surface area contributed by atoms with Crippen molar-refractivity contribution in [2.24, 2.45) is 0 Å². The fraction of sp³-hybridized carbons (Fsp3) is 0.682. The highest BCUT2D eigenvalue weighted by molar-refractivity contribution is 5.82. The number of hydrogen-bond donors (Lipinski definition) is 2. The molecule has 0 aromatic carbocycles. The molecule has 16 heteroatoms. The third-order valence-corrected chi connectivity index (χ3v) is 4.90. The molecule has 0 aliphatic carbocycles. The van der Waals surface area contributed by atoms with Crippen molar-refractivity contribution < 1.29 is 71.8 Å². The van der Waals surface area contributed by atoms with Gasteiger partial charge in [-0.05, 0) is 0 Å². The van der Waals surface area contributed by atoms with Crippen LogP contribution in [0.25, 0.3) is 0 Å². The summed E-state index contributed by atoms with van der Waals surface area (Å²) >= 11 is 0. The Hall–Kier alpha value is -3.79. The Balaban J connectivity index is 3.86. The molecular formula is C22H31NO15. The molecule has 1 amide bonds. The second kappa shape index (κ2) is 14.2. The Kier molecular flexibility index (Phi) is 12.1. The number of rotatable bonds is 11. The molecule has 214 valence electrons. The lowest BCUT2D eigenvalue weighted by Crippen LogP contribution is -2.69. The van der Waals surface area contributed by atoms with Crippen molar-refractivity contribution in [1.82, 2.24) is 5.32 Å². The van der Waals surface area contributed by atoms with Crippen molar-refractivity contribution in [3.63, 3.8) is 0 Å². The van der Waals surface area contributed by atoms with Gasteiger partial charge < -0.3 is 43.6 Å². The third-order valence-electron chi connectivity index (χ3n) is 4.90. The molecule has 0 bridgehead atoms. The molecule has 1 aliphatic heterocycles. The third kappa shape index (κ3) is 9.26. The van der Waals surface area contributed by atoms with Crippen molar-refractivity contribution in [3.05, 3.63) is 0 Å². The van der Waals surface area contributed by atoms with Gasteiger partial charge in [0.15, 0.2) is 12.2 Å². The number of methoxy groups -OCH3 is 1. The van der Waals surface area contributed by atoms with Crippen LogP contribution in [0.15, 0.2) is 0 Å². The minimum absolute atomic E-state index is 0.690. The predicted molar refractivity (Wildman–Crippen MR) is 118 cm³/mol. The van der Waals surface area contributed by atoms with E-state index in [0.717, 1.165) is 41.7 Å². The van der Waals surface area contributed by atoms with E-state index in [2.05, 4.69) is 5.32 Å². The number of amides is 1. The van der Waals surface area contributed by atoms with Gasteiger partial charge in [-0.25, -0.2) is 4.79 Å². The van der Waals surface area contributed by atoms with Gasteiger partial charge >= 0.3 is 41.6 Å². The largest absolute Gasteiger partial charge is 0.464 e. The van der Waals surface area contributed by atoms with E-state index in [1.165, 1.54) is 0 Å². The van der Waals surface area contributed by atoms with E-state index < -0.39 is 97.6 Å². The van der Waals surface area contributed by atoms with Crippen molar-refractivity contribution >= 4 is 41.7 Å². The number of aliphatic hydroxyl groups is 1. The van der Waals surface area contributed by atoms with Gasteiger partial charge in [0.05, 0.1) is 19.6 Å². The molecule has 0 aromatic heterocycles. The minimum atomic E-state index is -2.60. The highest BCUT2D eigenvalue weighted by Gasteiger charge is 2.60. The first-order valence-corrected chi connectivity index (χ1v) is 11.2. The Labute approximate surface area is 217 Å². The van der Waals surface area contributed by atoms with Crippen LogP contribution in [-0.4, -0.2) is 103 Å². The van der Waals surface area contributed by atoms with E-state index >= 15 is 0 Å². The van der Waals surface area contributed by atoms with Gasteiger partial charge in [0.1, 0.15) is 25.4 Å². The van der Waals surface area contributed by atoms with Gasteiger partial charge in [0.2, 0.25) is 5.91 Å². The number of carbonyl (C=O) groups excluding carboxylic acids is 7. The topological polar surface area (TPSA) is 216 Å². The maximum absolute atomic E-state index is 12.8. The first-order valence-electron chi connectivity index (χ1n) is 11.2. The smallest absolute Gasteiger partial charge is 0.379 e. The molecule has 38 heavy (non-hydrogen) atoms. The number of nitrogens with one attached hydrogen (secondary N) is 1. The molecular weight excluding hydrogens is 518 g/mol. The number of esters is 6. The van der Waals surface area contributed by atoms with E-state index in [9.17, 15) is 38.7 Å². The molecule has 1 fully saturated rings. The highest BCUT2D eigenvalue weighted by atomic mass is 16.8. The lowest BCUT2D eigenvalue weighted by Gasteiger charge is -2.48. The molecule has 0 spiro atoms. The zero-order chi connectivity index (χ0) is 29.2. The van der Waals surface area contributed by atoms with E-state index in [-0.39, 0.29) is 0 Å². The lowest BCUT2D eigenvalue weighted by atomic mass is 9.88. The van der Waals surface area contributed by atoms with Crippen LogP contribution in [0, 0.1) is 0 Å². The van der Waals surface area contributed by atoms with Crippen LogP contribution in [-0.2, 0) is 66.7 Å². The predicted octanol–water partition coefficient (Wildman–Crippen LogP) is -1.96. The van der Waals surface area contributed by atoms with Gasteiger partial charge in [-0.3, -0.25) is 28.8 Å². The fourth-order valence-electron chi connectivity index (χ4n) is 3.73. The zero-order valence-corrected chi connectivity index (χ0v) is 21.7. The van der Waals surface area contributed by atoms with Gasteiger partial charge in [-0.1, -0.05) is 0 Å². The van der Waals surface area contributed by atoms with Crippen molar-refractivity contribution in [2.45, 2.75) is 77.3 Å². The van der Waals surface area contributed by atoms with Crippen LogP contribution in [0.1, 0.15) is 41.0 Å². The van der Waals surface area contributed by atoms with Crippen molar-refractivity contribution in [1.29, 1.82) is 0 Å². The Bertz CT molecular complexity index is 934. The summed E-state index contributed by atoms with van der Waals surface area (Å²) in [4.78, 5) is 84.3. The summed E-state index contributed by atoms with van der Waals surface area (Å²) in [6, 6.07) is -1.51. The molecule has 1 aliphatic rings. The van der Waals surface area contributed by atoms with Crippen LogP contribution in [0.5, 0.6) is 0 Å². The van der Waals surface area contributed by atoms with Crippen LogP contribution >= 0.6 is 0 Å². The minimum Gasteiger partial charge on any atom is -0.464 e. The SMILES string of the molecule is COC(=O)C1(OC(C)=O)C[C@H](OC(C)=O)[C@@H](NC(=O)CO)[C@H]([C@@H](OC(C)=O)[C@@H](COC(C)=O)OC(C)=O)O1. The molecule has 2 N–H and O–H groups in total. The van der Waals surface area contributed by atoms with E-state index in [1.807, 2.05) is 0 Å². The second-order valence-corrected chi connectivity index (χ2v) is 8.05. The number of hydrogen-bond acceptors (Lipinski definition) is 15. The molecule has 0 saturated carbocycles. The van der Waals surface area contributed by atoms with Crippen LogP contribution in [0.3, 0.4) is 0 Å². The van der Waals surface area contributed by atoms with E-state index in [1.54, 1.807) is 0 Å². The molecule has 1 heterocycles. The first-order chi connectivity index (χ1) is 17.6. The number of ether oxygens (including phenoxy) is 7.